The summed E-state index contributed by atoms with van der Waals surface area (Å²) in [4.78, 5) is 6.93. The fourth-order valence-corrected chi connectivity index (χ4v) is 3.61. The lowest BCUT2D eigenvalue weighted by atomic mass is 9.98. The summed E-state index contributed by atoms with van der Waals surface area (Å²) in [5.74, 6) is 2.67. The number of piperidine rings is 1. The van der Waals surface area contributed by atoms with Crippen LogP contribution in [-0.2, 0) is 6.54 Å². The van der Waals surface area contributed by atoms with E-state index in [1.807, 2.05) is 12.1 Å². The predicted molar refractivity (Wildman–Crippen MR) is 114 cm³/mol. The van der Waals surface area contributed by atoms with Crippen LogP contribution in [0.1, 0.15) is 38.7 Å². The van der Waals surface area contributed by atoms with Crippen LogP contribution in [0.3, 0.4) is 0 Å². The van der Waals surface area contributed by atoms with E-state index < -0.39 is 0 Å². The van der Waals surface area contributed by atoms with Gasteiger partial charge in [0, 0.05) is 31.2 Å². The van der Waals surface area contributed by atoms with E-state index in [2.05, 4.69) is 34.4 Å². The molecule has 1 aromatic rings. The molecule has 28 heavy (non-hydrogen) atoms. The molecule has 1 aliphatic rings. The molecule has 1 saturated heterocycles. The fraction of sp³-hybridized carbons (Fsp3) is 0.667. The van der Waals surface area contributed by atoms with Crippen LogP contribution in [0.5, 0.6) is 17.2 Å². The Labute approximate surface area is 169 Å². The number of rotatable bonds is 8. The number of likely N-dealkylation sites (tertiary alicyclic amines) is 1. The van der Waals surface area contributed by atoms with Gasteiger partial charge in [-0.2, -0.15) is 0 Å². The second-order valence-electron chi connectivity index (χ2n) is 7.63. The van der Waals surface area contributed by atoms with Gasteiger partial charge in [-0.15, -0.1) is 0 Å². The van der Waals surface area contributed by atoms with Crippen LogP contribution in [0.2, 0.25) is 0 Å². The first-order chi connectivity index (χ1) is 13.5. The summed E-state index contributed by atoms with van der Waals surface area (Å²) in [5.41, 5.74) is 1.05. The Balaban J connectivity index is 1.98. The average molecular weight is 393 g/mol. The summed E-state index contributed by atoms with van der Waals surface area (Å²) < 4.78 is 16.4. The number of aliphatic imine (C=N–C) groups is 1. The Morgan fingerprint density at radius 2 is 1.68 bits per heavy atom. The van der Waals surface area contributed by atoms with E-state index in [1.165, 1.54) is 32.4 Å². The van der Waals surface area contributed by atoms with Crippen molar-refractivity contribution in [1.82, 2.24) is 15.5 Å². The Bertz CT molecular complexity index is 655. The quantitative estimate of drug-likeness (QED) is 0.524. The Morgan fingerprint density at radius 3 is 2.25 bits per heavy atom. The molecule has 0 amide bonds. The van der Waals surface area contributed by atoms with Gasteiger partial charge in [-0.1, -0.05) is 6.42 Å². The highest BCUT2D eigenvalue weighted by atomic mass is 16.5. The monoisotopic (exact) mass is 392 g/mol. The smallest absolute Gasteiger partial charge is 0.203 e. The molecule has 1 aromatic carbocycles. The number of nitrogens with zero attached hydrogens (tertiary/aromatic N) is 2. The van der Waals surface area contributed by atoms with Gasteiger partial charge in [-0.3, -0.25) is 9.89 Å². The van der Waals surface area contributed by atoms with Gasteiger partial charge >= 0.3 is 0 Å². The molecule has 0 saturated carbocycles. The molecule has 0 spiro atoms. The van der Waals surface area contributed by atoms with Crippen LogP contribution in [0.15, 0.2) is 17.1 Å². The third-order valence-corrected chi connectivity index (χ3v) is 5.36. The van der Waals surface area contributed by atoms with E-state index in [9.17, 15) is 0 Å². The second-order valence-corrected chi connectivity index (χ2v) is 7.63. The number of methoxy groups -OCH3 is 3. The van der Waals surface area contributed by atoms with Crippen molar-refractivity contribution in [3.05, 3.63) is 17.7 Å². The molecular weight excluding hydrogens is 356 g/mol. The third-order valence-electron chi connectivity index (χ3n) is 5.36. The Hall–Kier alpha value is -2.15. The van der Waals surface area contributed by atoms with Gasteiger partial charge in [0.1, 0.15) is 0 Å². The molecule has 0 aromatic heterocycles. The molecule has 2 N–H and O–H groups in total. The lowest BCUT2D eigenvalue weighted by molar-refractivity contribution is 0.0982. The topological polar surface area (TPSA) is 67.4 Å². The molecular formula is C21H36N4O3. The van der Waals surface area contributed by atoms with Gasteiger partial charge in [0.15, 0.2) is 17.5 Å². The molecule has 7 heteroatoms. The largest absolute Gasteiger partial charge is 0.493 e. The Kier molecular flexibility index (Phi) is 8.23. The normalized spacial score (nSPS) is 15.9. The van der Waals surface area contributed by atoms with E-state index >= 15 is 0 Å². The van der Waals surface area contributed by atoms with Gasteiger partial charge in [0.25, 0.3) is 0 Å². The molecule has 2 rings (SSSR count). The van der Waals surface area contributed by atoms with Crippen molar-refractivity contribution in [3.8, 4) is 17.2 Å². The molecule has 7 nitrogen and oxygen atoms in total. The van der Waals surface area contributed by atoms with Crippen molar-refractivity contribution >= 4 is 5.96 Å². The zero-order valence-corrected chi connectivity index (χ0v) is 18.2. The minimum absolute atomic E-state index is 0.0824. The van der Waals surface area contributed by atoms with Gasteiger partial charge < -0.3 is 24.8 Å². The number of nitrogens with one attached hydrogen (secondary N) is 2. The van der Waals surface area contributed by atoms with Crippen molar-refractivity contribution in [2.45, 2.75) is 45.2 Å². The molecule has 1 aliphatic heterocycles. The first-order valence-electron chi connectivity index (χ1n) is 9.94. The Morgan fingerprint density at radius 1 is 1.00 bits per heavy atom. The summed E-state index contributed by atoms with van der Waals surface area (Å²) in [6, 6.07) is 3.85. The van der Waals surface area contributed by atoms with Crippen LogP contribution in [0.4, 0.5) is 0 Å². The summed E-state index contributed by atoms with van der Waals surface area (Å²) in [6.45, 7) is 8.31. The molecule has 0 radical (unpaired) electrons. The highest BCUT2D eigenvalue weighted by Crippen LogP contribution is 2.39. The van der Waals surface area contributed by atoms with Crippen LogP contribution in [-0.4, -0.2) is 64.4 Å². The minimum atomic E-state index is 0.0824. The van der Waals surface area contributed by atoms with E-state index in [1.54, 1.807) is 28.4 Å². The van der Waals surface area contributed by atoms with Crippen LogP contribution in [0, 0.1) is 0 Å². The maximum atomic E-state index is 5.56. The number of benzene rings is 1. The molecule has 158 valence electrons. The SMILES string of the molecule is CN=C(NCc1ccc(OC)c(OC)c1OC)NCC(C)(C)N1CCCCC1. The lowest BCUT2D eigenvalue weighted by Gasteiger charge is -2.41. The molecule has 0 aliphatic carbocycles. The molecule has 0 atom stereocenters. The summed E-state index contributed by atoms with van der Waals surface area (Å²) in [5, 5.41) is 6.84. The van der Waals surface area contributed by atoms with E-state index in [0.717, 1.165) is 18.1 Å². The van der Waals surface area contributed by atoms with E-state index in [4.69, 9.17) is 14.2 Å². The summed E-state index contributed by atoms with van der Waals surface area (Å²) >= 11 is 0. The van der Waals surface area contributed by atoms with Gasteiger partial charge in [0.2, 0.25) is 5.75 Å². The number of guanidine groups is 1. The first kappa shape index (κ1) is 22.1. The molecule has 1 heterocycles. The number of hydrogen-bond acceptors (Lipinski definition) is 5. The van der Waals surface area contributed by atoms with Crippen molar-refractivity contribution in [1.29, 1.82) is 0 Å². The van der Waals surface area contributed by atoms with Gasteiger partial charge in [-0.25, -0.2) is 0 Å². The maximum Gasteiger partial charge on any atom is 0.203 e. The van der Waals surface area contributed by atoms with Crippen molar-refractivity contribution in [3.63, 3.8) is 0 Å². The van der Waals surface area contributed by atoms with Crippen molar-refractivity contribution < 1.29 is 14.2 Å². The zero-order valence-electron chi connectivity index (χ0n) is 18.2. The average Bonchev–Trinajstić information content (AvgIpc) is 2.73. The summed E-state index contributed by atoms with van der Waals surface area (Å²) in [6.07, 6.45) is 3.92. The number of ether oxygens (including phenoxy) is 3. The minimum Gasteiger partial charge on any atom is -0.493 e. The fourth-order valence-electron chi connectivity index (χ4n) is 3.61. The standard InChI is InChI=1S/C21H36N4O3/c1-21(2,25-12-8-7-9-13-25)15-24-20(22-3)23-14-16-10-11-17(26-4)19(28-6)18(16)27-5/h10-11H,7-9,12-15H2,1-6H3,(H2,22,23,24). The van der Waals surface area contributed by atoms with Crippen LogP contribution >= 0.6 is 0 Å². The highest BCUT2D eigenvalue weighted by Gasteiger charge is 2.28. The lowest BCUT2D eigenvalue weighted by Crippen LogP contribution is -2.54. The summed E-state index contributed by atoms with van der Waals surface area (Å²) in [7, 11) is 6.65. The van der Waals surface area contributed by atoms with Crippen molar-refractivity contribution in [2.24, 2.45) is 4.99 Å². The van der Waals surface area contributed by atoms with Gasteiger partial charge in [0.05, 0.1) is 21.3 Å². The van der Waals surface area contributed by atoms with Gasteiger partial charge in [-0.05, 0) is 51.9 Å². The third kappa shape index (κ3) is 5.44. The first-order valence-corrected chi connectivity index (χ1v) is 9.94. The predicted octanol–water partition coefficient (Wildman–Crippen LogP) is 2.64. The molecule has 0 bridgehead atoms. The molecule has 0 unspecified atom stereocenters. The van der Waals surface area contributed by atoms with Crippen LogP contribution in [0.25, 0.3) is 0 Å². The zero-order chi connectivity index (χ0) is 20.6. The second kappa shape index (κ2) is 10.4. The van der Waals surface area contributed by atoms with Crippen LogP contribution < -0.4 is 24.8 Å². The highest BCUT2D eigenvalue weighted by molar-refractivity contribution is 5.79. The maximum absolute atomic E-state index is 5.56. The molecule has 1 fully saturated rings. The van der Waals surface area contributed by atoms with E-state index in [-0.39, 0.29) is 5.54 Å². The number of hydrogen-bond donors (Lipinski definition) is 2. The van der Waals surface area contributed by atoms with Crippen molar-refractivity contribution in [2.75, 3.05) is 48.0 Å². The van der Waals surface area contributed by atoms with E-state index in [0.29, 0.717) is 23.8 Å².